The maximum absolute atomic E-state index is 11.2. The second-order valence-corrected chi connectivity index (χ2v) is 9.39. The van der Waals surface area contributed by atoms with Crippen molar-refractivity contribution in [1.29, 1.82) is 0 Å². The molecule has 0 bridgehead atoms. The molecule has 0 unspecified atom stereocenters. The van der Waals surface area contributed by atoms with E-state index in [1.54, 1.807) is 0 Å². The number of amides is 3. The van der Waals surface area contributed by atoms with Crippen molar-refractivity contribution in [2.45, 2.75) is 77.6 Å². The van der Waals surface area contributed by atoms with Crippen LogP contribution in [-0.4, -0.2) is 107 Å². The maximum Gasteiger partial charge on any atom is 3.00 e. The molecule has 37 heavy (non-hydrogen) atoms. The Kier molecular flexibility index (Phi) is 16.3. The van der Waals surface area contributed by atoms with E-state index in [-0.39, 0.29) is 91.0 Å². The molecule has 12 nitrogen and oxygen atoms in total. The summed E-state index contributed by atoms with van der Waals surface area (Å²) in [7, 11) is 0. The van der Waals surface area contributed by atoms with E-state index >= 15 is 0 Å². The number of Topliss-reactive ketones (excluding diaryl/α,β-unsaturated/α-hetero) is 3. The molecule has 3 aliphatic rings. The molecule has 0 N–H and O–H groups in total. The van der Waals surface area contributed by atoms with Gasteiger partial charge in [0.25, 0.3) is 0 Å². The zero-order valence-electron chi connectivity index (χ0n) is 21.6. The summed E-state index contributed by atoms with van der Waals surface area (Å²) in [5.74, 6) is -1.06. The number of carbonyl (C=O) groups excluding carboxylic acids is 6. The Morgan fingerprint density at radius 1 is 0.541 bits per heavy atom. The van der Waals surface area contributed by atoms with Crippen LogP contribution in [0.25, 0.3) is 0 Å². The SMILES string of the molecule is CC(=O)CC(=O)N1CC[C@H]([O-])C1.CC(=O)CC(=O)N1CC[C@H]([O-])C1.CC(=O)CC(=O)N1CC[C@H]([O-])C1.[Fe+3]. The van der Waals surface area contributed by atoms with Gasteiger partial charge in [-0.1, -0.05) is 0 Å². The first-order valence-corrected chi connectivity index (χ1v) is 12.1. The summed E-state index contributed by atoms with van der Waals surface area (Å²) in [6.45, 7) is 6.49. The summed E-state index contributed by atoms with van der Waals surface area (Å²) in [4.78, 5) is 69.6. The second-order valence-electron chi connectivity index (χ2n) is 9.39. The molecule has 0 aliphatic carbocycles. The third-order valence-corrected chi connectivity index (χ3v) is 5.69. The predicted molar refractivity (Wildman–Crippen MR) is 121 cm³/mol. The minimum Gasteiger partial charge on any atom is -0.851 e. The third kappa shape index (κ3) is 14.4. The summed E-state index contributed by atoms with van der Waals surface area (Å²) < 4.78 is 0. The molecule has 3 amide bonds. The first-order chi connectivity index (χ1) is 16.8. The molecule has 0 spiro atoms. The van der Waals surface area contributed by atoms with Crippen LogP contribution in [0.1, 0.15) is 59.3 Å². The fraction of sp³-hybridized carbons (Fsp3) is 0.750. The van der Waals surface area contributed by atoms with Gasteiger partial charge in [0.2, 0.25) is 17.7 Å². The zero-order chi connectivity index (χ0) is 27.4. The molecule has 3 rings (SSSR count). The molecule has 209 valence electrons. The van der Waals surface area contributed by atoms with Crippen LogP contribution in [0.4, 0.5) is 0 Å². The van der Waals surface area contributed by atoms with Crippen LogP contribution in [0, 0.1) is 0 Å². The number of rotatable bonds is 6. The van der Waals surface area contributed by atoms with Crippen molar-refractivity contribution in [1.82, 2.24) is 14.7 Å². The van der Waals surface area contributed by atoms with Gasteiger partial charge in [0, 0.05) is 39.3 Å². The molecule has 0 aromatic carbocycles. The molecular formula is C24H36FeN3O9. The zero-order valence-corrected chi connectivity index (χ0v) is 22.7. The Bertz CT molecular complexity index is 719. The molecule has 3 fully saturated rings. The number of hydrogen-bond donors (Lipinski definition) is 0. The summed E-state index contributed by atoms with van der Waals surface area (Å²) in [6, 6.07) is 0. The van der Waals surface area contributed by atoms with Crippen molar-refractivity contribution in [2.75, 3.05) is 39.3 Å². The summed E-state index contributed by atoms with van der Waals surface area (Å²) in [5, 5.41) is 32.5. The summed E-state index contributed by atoms with van der Waals surface area (Å²) >= 11 is 0. The van der Waals surface area contributed by atoms with Crippen molar-refractivity contribution < 1.29 is 61.2 Å². The molecule has 0 aromatic heterocycles. The van der Waals surface area contributed by atoms with Gasteiger partial charge >= 0.3 is 17.1 Å². The van der Waals surface area contributed by atoms with Gasteiger partial charge < -0.3 is 30.0 Å². The molecule has 3 atom stereocenters. The normalized spacial score (nSPS) is 22.2. The molecule has 3 heterocycles. The topological polar surface area (TPSA) is 181 Å². The fourth-order valence-corrected chi connectivity index (χ4v) is 3.84. The predicted octanol–water partition coefficient (Wildman–Crippen LogP) is -3.22. The minimum absolute atomic E-state index is 0. The molecule has 3 aliphatic heterocycles. The molecule has 13 heteroatoms. The van der Waals surface area contributed by atoms with Crippen LogP contribution in [0.2, 0.25) is 0 Å². The largest absolute Gasteiger partial charge is 3.00 e. The molecular weight excluding hydrogens is 530 g/mol. The average Bonchev–Trinajstić information content (AvgIpc) is 3.49. The van der Waals surface area contributed by atoms with Gasteiger partial charge in [0.15, 0.2) is 0 Å². The van der Waals surface area contributed by atoms with Crippen LogP contribution >= 0.6 is 0 Å². The monoisotopic (exact) mass is 566 g/mol. The Balaban J connectivity index is 0.000000518. The van der Waals surface area contributed by atoms with Crippen molar-refractivity contribution in [3.63, 3.8) is 0 Å². The van der Waals surface area contributed by atoms with E-state index in [1.807, 2.05) is 0 Å². The van der Waals surface area contributed by atoms with Gasteiger partial charge in [-0.3, -0.25) is 28.8 Å². The molecule has 3 saturated heterocycles. The molecule has 0 aromatic rings. The van der Waals surface area contributed by atoms with E-state index in [0.29, 0.717) is 38.9 Å². The van der Waals surface area contributed by atoms with Gasteiger partial charge in [0.1, 0.15) is 17.3 Å². The number of likely N-dealkylation sites (tertiary alicyclic amines) is 3. The van der Waals surface area contributed by atoms with Gasteiger partial charge in [-0.2, -0.15) is 0 Å². The van der Waals surface area contributed by atoms with E-state index in [0.717, 1.165) is 0 Å². The fourth-order valence-electron chi connectivity index (χ4n) is 3.84. The van der Waals surface area contributed by atoms with E-state index in [4.69, 9.17) is 0 Å². The Hall–Kier alpha value is -2.18. The minimum atomic E-state index is -0.652. The van der Waals surface area contributed by atoms with E-state index in [9.17, 15) is 44.1 Å². The van der Waals surface area contributed by atoms with Crippen molar-refractivity contribution in [3.05, 3.63) is 0 Å². The summed E-state index contributed by atoms with van der Waals surface area (Å²) in [6.07, 6.45) is -0.592. The quantitative estimate of drug-likeness (QED) is 0.236. The number of nitrogens with zero attached hydrogens (tertiary/aromatic N) is 3. The van der Waals surface area contributed by atoms with E-state index in [2.05, 4.69) is 0 Å². The Morgan fingerprint density at radius 3 is 0.892 bits per heavy atom. The van der Waals surface area contributed by atoms with Crippen LogP contribution in [0.15, 0.2) is 0 Å². The van der Waals surface area contributed by atoms with Crippen LogP contribution in [0.3, 0.4) is 0 Å². The Labute approximate surface area is 227 Å². The van der Waals surface area contributed by atoms with Crippen molar-refractivity contribution in [2.24, 2.45) is 0 Å². The van der Waals surface area contributed by atoms with Crippen molar-refractivity contribution >= 4 is 35.1 Å². The van der Waals surface area contributed by atoms with E-state index in [1.165, 1.54) is 35.5 Å². The third-order valence-electron chi connectivity index (χ3n) is 5.69. The van der Waals surface area contributed by atoms with Crippen LogP contribution in [0.5, 0.6) is 0 Å². The van der Waals surface area contributed by atoms with E-state index < -0.39 is 18.3 Å². The first kappa shape index (κ1) is 34.8. The van der Waals surface area contributed by atoms with Gasteiger partial charge in [-0.25, -0.2) is 0 Å². The Morgan fingerprint density at radius 2 is 0.757 bits per heavy atom. The molecule has 1 radical (unpaired) electrons. The standard InChI is InChI=1S/3C8H12NO3.Fe/c3*1-6(10)4-8(12)9-3-2-7(11)5-9;/h3*7H,2-5H2,1H3;/q3*-1;+3/t3*7-;/m000./s1. The number of carbonyl (C=O) groups is 6. The van der Waals surface area contributed by atoms with Crippen molar-refractivity contribution in [3.8, 4) is 0 Å². The van der Waals surface area contributed by atoms with Gasteiger partial charge in [0.05, 0.1) is 19.3 Å². The second kappa shape index (κ2) is 17.4. The number of hydrogen-bond acceptors (Lipinski definition) is 9. The van der Waals surface area contributed by atoms with Crippen LogP contribution < -0.4 is 15.3 Å². The average molecular weight is 566 g/mol. The number of ketones is 3. The van der Waals surface area contributed by atoms with Crippen LogP contribution in [-0.2, 0) is 45.8 Å². The smallest absolute Gasteiger partial charge is 0.851 e. The van der Waals surface area contributed by atoms with Gasteiger partial charge in [-0.05, 0) is 40.0 Å². The maximum atomic E-state index is 11.2. The molecule has 0 saturated carbocycles. The first-order valence-electron chi connectivity index (χ1n) is 12.1. The van der Waals surface area contributed by atoms with Gasteiger partial charge in [-0.15, -0.1) is 18.3 Å². The summed E-state index contributed by atoms with van der Waals surface area (Å²) in [5.41, 5.74) is 0.